The quantitative estimate of drug-likeness (QED) is 0.877. The normalized spacial score (nSPS) is 10.6. The third kappa shape index (κ3) is 2.61. The maximum Gasteiger partial charge on any atom is 0.339 e. The maximum absolute atomic E-state index is 10.9. The monoisotopic (exact) mass is 275 g/mol. The van der Waals surface area contributed by atoms with Gasteiger partial charge in [-0.15, -0.1) is 0 Å². The van der Waals surface area contributed by atoms with Gasteiger partial charge in [0.2, 0.25) is 5.95 Å². The Morgan fingerprint density at radius 3 is 2.55 bits per heavy atom. The van der Waals surface area contributed by atoms with Crippen LogP contribution < -0.4 is 5.32 Å². The SMILES string of the molecule is Cc1nc(NCc2c(C)nn(C)c2C)ncc1C(=O)O. The van der Waals surface area contributed by atoms with E-state index < -0.39 is 5.97 Å². The minimum absolute atomic E-state index is 0.115. The van der Waals surface area contributed by atoms with Crippen molar-refractivity contribution in [2.24, 2.45) is 7.05 Å². The van der Waals surface area contributed by atoms with Gasteiger partial charge in [-0.2, -0.15) is 5.10 Å². The van der Waals surface area contributed by atoms with E-state index in [-0.39, 0.29) is 5.56 Å². The summed E-state index contributed by atoms with van der Waals surface area (Å²) < 4.78 is 1.83. The van der Waals surface area contributed by atoms with E-state index in [4.69, 9.17) is 5.11 Å². The van der Waals surface area contributed by atoms with Gasteiger partial charge in [0.25, 0.3) is 0 Å². The highest BCUT2D eigenvalue weighted by molar-refractivity contribution is 5.88. The lowest BCUT2D eigenvalue weighted by molar-refractivity contribution is 0.0695. The molecule has 7 heteroatoms. The maximum atomic E-state index is 10.9. The molecule has 0 saturated heterocycles. The van der Waals surface area contributed by atoms with Crippen LogP contribution in [0.25, 0.3) is 0 Å². The zero-order chi connectivity index (χ0) is 14.9. The summed E-state index contributed by atoms with van der Waals surface area (Å²) in [5.41, 5.74) is 3.68. The number of hydrogen-bond donors (Lipinski definition) is 2. The standard InChI is InChI=1S/C13H17N5O2/c1-7-11(12(19)20)6-15-13(16-7)14-5-10-8(2)17-18(4)9(10)3/h6H,5H2,1-4H3,(H,19,20)(H,14,15,16). The summed E-state index contributed by atoms with van der Waals surface area (Å²) in [6.45, 7) is 6.15. The molecule has 0 bridgehead atoms. The molecule has 0 atom stereocenters. The summed E-state index contributed by atoms with van der Waals surface area (Å²) >= 11 is 0. The number of aromatic nitrogens is 4. The van der Waals surface area contributed by atoms with Crippen LogP contribution in [0.3, 0.4) is 0 Å². The Hall–Kier alpha value is -2.44. The third-order valence-electron chi connectivity index (χ3n) is 3.29. The Bertz CT molecular complexity index is 663. The van der Waals surface area contributed by atoms with Crippen molar-refractivity contribution in [2.45, 2.75) is 27.3 Å². The molecule has 7 nitrogen and oxygen atoms in total. The topological polar surface area (TPSA) is 92.9 Å². The molecule has 20 heavy (non-hydrogen) atoms. The molecule has 2 N–H and O–H groups in total. The van der Waals surface area contributed by atoms with Gasteiger partial charge in [0, 0.05) is 31.0 Å². The van der Waals surface area contributed by atoms with Gasteiger partial charge in [-0.3, -0.25) is 4.68 Å². The molecule has 106 valence electrons. The summed E-state index contributed by atoms with van der Waals surface area (Å²) in [6.07, 6.45) is 1.32. The van der Waals surface area contributed by atoms with Gasteiger partial charge in [-0.05, 0) is 20.8 Å². The molecule has 2 aromatic heterocycles. The fraction of sp³-hybridized carbons (Fsp3) is 0.385. The fourth-order valence-corrected chi connectivity index (χ4v) is 2.00. The number of hydrogen-bond acceptors (Lipinski definition) is 5. The average molecular weight is 275 g/mol. The van der Waals surface area contributed by atoms with Crippen molar-refractivity contribution in [3.8, 4) is 0 Å². The highest BCUT2D eigenvalue weighted by Crippen LogP contribution is 2.14. The first kappa shape index (κ1) is 14.0. The summed E-state index contributed by atoms with van der Waals surface area (Å²) in [5.74, 6) is -0.608. The number of anilines is 1. The van der Waals surface area contributed by atoms with Crippen LogP contribution in [0.5, 0.6) is 0 Å². The molecule has 0 aliphatic rings. The lowest BCUT2D eigenvalue weighted by Crippen LogP contribution is -2.09. The molecular formula is C13H17N5O2. The molecule has 2 heterocycles. The van der Waals surface area contributed by atoms with Crippen LogP contribution >= 0.6 is 0 Å². The number of carboxylic acid groups (broad SMARTS) is 1. The first-order chi connectivity index (χ1) is 9.40. The largest absolute Gasteiger partial charge is 0.478 e. The van der Waals surface area contributed by atoms with Crippen LogP contribution in [0, 0.1) is 20.8 Å². The zero-order valence-corrected chi connectivity index (χ0v) is 11.9. The molecule has 0 radical (unpaired) electrons. The molecule has 0 aliphatic heterocycles. The molecule has 0 aromatic carbocycles. The Balaban J connectivity index is 2.15. The predicted molar refractivity (Wildman–Crippen MR) is 73.7 cm³/mol. The van der Waals surface area contributed by atoms with Crippen molar-refractivity contribution in [1.29, 1.82) is 0 Å². The van der Waals surface area contributed by atoms with Gasteiger partial charge in [-0.1, -0.05) is 0 Å². The molecule has 0 saturated carbocycles. The lowest BCUT2D eigenvalue weighted by atomic mass is 10.2. The van der Waals surface area contributed by atoms with Crippen LogP contribution in [0.1, 0.15) is 33.0 Å². The van der Waals surface area contributed by atoms with Gasteiger partial charge in [-0.25, -0.2) is 14.8 Å². The first-order valence-electron chi connectivity index (χ1n) is 6.20. The van der Waals surface area contributed by atoms with E-state index >= 15 is 0 Å². The Kier molecular flexibility index (Phi) is 3.69. The summed E-state index contributed by atoms with van der Waals surface area (Å²) in [4.78, 5) is 19.1. The van der Waals surface area contributed by atoms with Gasteiger partial charge in [0.15, 0.2) is 0 Å². The molecule has 2 aromatic rings. The van der Waals surface area contributed by atoms with E-state index in [0.29, 0.717) is 18.2 Å². The Morgan fingerprint density at radius 1 is 1.35 bits per heavy atom. The first-order valence-corrected chi connectivity index (χ1v) is 6.20. The van der Waals surface area contributed by atoms with E-state index in [1.54, 1.807) is 6.92 Å². The molecule has 0 spiro atoms. The van der Waals surface area contributed by atoms with E-state index in [0.717, 1.165) is 17.0 Å². The van der Waals surface area contributed by atoms with Crippen molar-refractivity contribution in [3.05, 3.63) is 34.4 Å². The van der Waals surface area contributed by atoms with Gasteiger partial charge in [0.05, 0.1) is 17.0 Å². The second-order valence-corrected chi connectivity index (χ2v) is 4.62. The summed E-state index contributed by atoms with van der Waals surface area (Å²) in [7, 11) is 1.90. The molecule has 0 amide bonds. The average Bonchev–Trinajstić information content (AvgIpc) is 2.61. The van der Waals surface area contributed by atoms with E-state index in [2.05, 4.69) is 20.4 Å². The van der Waals surface area contributed by atoms with Gasteiger partial charge < -0.3 is 10.4 Å². The van der Waals surface area contributed by atoms with Crippen molar-refractivity contribution in [3.63, 3.8) is 0 Å². The molecule has 0 aliphatic carbocycles. The number of nitrogens with one attached hydrogen (secondary N) is 1. The van der Waals surface area contributed by atoms with E-state index in [9.17, 15) is 4.79 Å². The van der Waals surface area contributed by atoms with Gasteiger partial charge in [0.1, 0.15) is 0 Å². The Morgan fingerprint density at radius 2 is 2.05 bits per heavy atom. The van der Waals surface area contributed by atoms with E-state index in [1.165, 1.54) is 6.20 Å². The minimum Gasteiger partial charge on any atom is -0.478 e. The zero-order valence-electron chi connectivity index (χ0n) is 11.9. The second-order valence-electron chi connectivity index (χ2n) is 4.62. The minimum atomic E-state index is -1.02. The lowest BCUT2D eigenvalue weighted by Gasteiger charge is -2.07. The number of carboxylic acids is 1. The van der Waals surface area contributed by atoms with Crippen LogP contribution in [-0.2, 0) is 13.6 Å². The van der Waals surface area contributed by atoms with Crippen LogP contribution in [-0.4, -0.2) is 30.8 Å². The number of aryl methyl sites for hydroxylation is 3. The van der Waals surface area contributed by atoms with Crippen molar-refractivity contribution in [2.75, 3.05) is 5.32 Å². The fourth-order valence-electron chi connectivity index (χ4n) is 2.00. The predicted octanol–water partition coefficient (Wildman–Crippen LogP) is 1.45. The van der Waals surface area contributed by atoms with Crippen LogP contribution in [0.15, 0.2) is 6.20 Å². The van der Waals surface area contributed by atoms with Crippen LogP contribution in [0.2, 0.25) is 0 Å². The Labute approximate surface area is 116 Å². The van der Waals surface area contributed by atoms with Crippen molar-refractivity contribution in [1.82, 2.24) is 19.7 Å². The third-order valence-corrected chi connectivity index (χ3v) is 3.29. The highest BCUT2D eigenvalue weighted by Gasteiger charge is 2.12. The van der Waals surface area contributed by atoms with Gasteiger partial charge >= 0.3 is 5.97 Å². The highest BCUT2D eigenvalue weighted by atomic mass is 16.4. The summed E-state index contributed by atoms with van der Waals surface area (Å²) in [6, 6.07) is 0. The van der Waals surface area contributed by atoms with Crippen molar-refractivity contribution >= 4 is 11.9 Å². The molecule has 0 unspecified atom stereocenters. The summed E-state index contributed by atoms with van der Waals surface area (Å²) in [5, 5.41) is 16.4. The van der Waals surface area contributed by atoms with E-state index in [1.807, 2.05) is 25.6 Å². The number of nitrogens with zero attached hydrogens (tertiary/aromatic N) is 4. The molecular weight excluding hydrogens is 258 g/mol. The molecule has 0 fully saturated rings. The number of aromatic carboxylic acids is 1. The van der Waals surface area contributed by atoms with Crippen molar-refractivity contribution < 1.29 is 9.90 Å². The smallest absolute Gasteiger partial charge is 0.339 e. The number of rotatable bonds is 4. The van der Waals surface area contributed by atoms with Crippen LogP contribution in [0.4, 0.5) is 5.95 Å². The number of carbonyl (C=O) groups is 1. The molecule has 2 rings (SSSR count). The second kappa shape index (κ2) is 5.28.